The van der Waals surface area contributed by atoms with Crippen LogP contribution < -0.4 is 5.32 Å². The molecule has 0 spiro atoms. The molecule has 0 atom stereocenters. The van der Waals surface area contributed by atoms with E-state index in [1.165, 1.54) is 11.3 Å². The lowest BCUT2D eigenvalue weighted by molar-refractivity contribution is 0.0696. The van der Waals surface area contributed by atoms with Crippen LogP contribution in [0.2, 0.25) is 5.02 Å². The maximum Gasteiger partial charge on any atom is 0.335 e. The highest BCUT2D eigenvalue weighted by Crippen LogP contribution is 2.29. The Morgan fingerprint density at radius 3 is 2.83 bits per heavy atom. The first-order valence-electron chi connectivity index (χ1n) is 7.18. The fraction of sp³-hybridized carbons (Fsp3) is 0.118. The molecule has 1 aromatic carbocycles. The number of aromatic carboxylic acids is 1. The highest BCUT2D eigenvalue weighted by atomic mass is 35.5. The van der Waals surface area contributed by atoms with Crippen molar-refractivity contribution in [3.05, 3.63) is 63.8 Å². The Kier molecular flexibility index (Phi) is 4.78. The molecule has 0 bridgehead atoms. The van der Waals surface area contributed by atoms with E-state index in [-0.39, 0.29) is 11.5 Å². The van der Waals surface area contributed by atoms with Gasteiger partial charge in [-0.1, -0.05) is 23.7 Å². The minimum atomic E-state index is -0.961. The number of hydrogen-bond acceptors (Lipinski definition) is 4. The number of thiophene rings is 1. The molecule has 1 amide bonds. The first-order chi connectivity index (χ1) is 11.5. The van der Waals surface area contributed by atoms with E-state index in [1.54, 1.807) is 36.7 Å². The maximum atomic E-state index is 12.2. The van der Waals surface area contributed by atoms with Gasteiger partial charge in [0, 0.05) is 24.3 Å². The van der Waals surface area contributed by atoms with Crippen molar-refractivity contribution in [2.24, 2.45) is 0 Å². The molecule has 7 heteroatoms. The molecule has 3 aromatic rings. The molecule has 0 aliphatic carbocycles. The van der Waals surface area contributed by atoms with E-state index in [9.17, 15) is 9.59 Å². The van der Waals surface area contributed by atoms with Gasteiger partial charge in [-0.3, -0.25) is 9.78 Å². The van der Waals surface area contributed by atoms with Gasteiger partial charge in [0.25, 0.3) is 5.91 Å². The number of halogens is 1. The van der Waals surface area contributed by atoms with Crippen molar-refractivity contribution in [3.8, 4) is 0 Å². The Hall–Kier alpha value is -2.44. The number of nitrogens with zero attached hydrogens (tertiary/aromatic N) is 1. The van der Waals surface area contributed by atoms with Crippen LogP contribution in [0.3, 0.4) is 0 Å². The third-order valence-corrected chi connectivity index (χ3v) is 4.86. The molecule has 0 fully saturated rings. The second-order valence-electron chi connectivity index (χ2n) is 5.16. The number of rotatable bonds is 5. The number of benzene rings is 1. The number of nitrogens with one attached hydrogen (secondary N) is 1. The molecular weight excluding hydrogens is 348 g/mol. The number of aromatic nitrogens is 1. The van der Waals surface area contributed by atoms with Crippen LogP contribution in [0.25, 0.3) is 10.1 Å². The van der Waals surface area contributed by atoms with Gasteiger partial charge in [0.15, 0.2) is 0 Å². The van der Waals surface area contributed by atoms with Crippen molar-refractivity contribution in [3.63, 3.8) is 0 Å². The van der Waals surface area contributed by atoms with Gasteiger partial charge < -0.3 is 10.4 Å². The van der Waals surface area contributed by atoms with Crippen LogP contribution in [-0.4, -0.2) is 28.5 Å². The quantitative estimate of drug-likeness (QED) is 0.728. The van der Waals surface area contributed by atoms with Crippen LogP contribution in [0.4, 0.5) is 0 Å². The highest BCUT2D eigenvalue weighted by Gasteiger charge is 2.12. The van der Waals surface area contributed by atoms with E-state index in [0.717, 1.165) is 15.6 Å². The molecular formula is C17H13ClN2O3S. The third-order valence-electron chi connectivity index (χ3n) is 3.49. The molecule has 2 heterocycles. The van der Waals surface area contributed by atoms with E-state index in [0.29, 0.717) is 22.9 Å². The largest absolute Gasteiger partial charge is 0.478 e. The molecule has 0 saturated carbocycles. The summed E-state index contributed by atoms with van der Waals surface area (Å²) in [5.41, 5.74) is 1.10. The van der Waals surface area contributed by atoms with Gasteiger partial charge in [-0.2, -0.15) is 0 Å². The van der Waals surface area contributed by atoms with Gasteiger partial charge in [-0.05, 0) is 30.2 Å². The van der Waals surface area contributed by atoms with Crippen LogP contribution >= 0.6 is 22.9 Å². The van der Waals surface area contributed by atoms with Crippen molar-refractivity contribution < 1.29 is 14.7 Å². The Labute approximate surface area is 146 Å². The van der Waals surface area contributed by atoms with Crippen molar-refractivity contribution in [2.75, 3.05) is 6.54 Å². The zero-order valence-corrected chi connectivity index (χ0v) is 14.0. The second kappa shape index (κ2) is 6.98. The molecule has 0 aliphatic heterocycles. The van der Waals surface area contributed by atoms with Crippen LogP contribution in [0.15, 0.2) is 42.7 Å². The van der Waals surface area contributed by atoms with Crippen LogP contribution in [-0.2, 0) is 6.42 Å². The maximum absolute atomic E-state index is 12.2. The van der Waals surface area contributed by atoms with Gasteiger partial charge in [0.2, 0.25) is 0 Å². The molecule has 2 N–H and O–H groups in total. The number of amides is 1. The second-order valence-corrected chi connectivity index (χ2v) is 6.65. The Morgan fingerprint density at radius 2 is 2.08 bits per heavy atom. The molecule has 0 unspecified atom stereocenters. The summed E-state index contributed by atoms with van der Waals surface area (Å²) >= 11 is 7.40. The minimum absolute atomic E-state index is 0.179. The van der Waals surface area contributed by atoms with Gasteiger partial charge in [0.1, 0.15) is 0 Å². The van der Waals surface area contributed by atoms with E-state index in [2.05, 4.69) is 10.3 Å². The molecule has 0 aliphatic rings. The molecule has 24 heavy (non-hydrogen) atoms. The molecule has 122 valence electrons. The molecule has 0 saturated heterocycles. The average molecular weight is 361 g/mol. The monoisotopic (exact) mass is 360 g/mol. The zero-order chi connectivity index (χ0) is 17.1. The minimum Gasteiger partial charge on any atom is -0.478 e. The predicted octanol–water partition coefficient (Wildman–Crippen LogP) is 3.62. The van der Waals surface area contributed by atoms with E-state index >= 15 is 0 Å². The standard InChI is InChI=1S/C17H13ClN2O3S/c18-13-8-19-9-15-12(13)7-14(24-15)16(21)20-5-4-10-2-1-3-11(6-10)17(22)23/h1-3,6-9H,4-5H2,(H,20,21)(H,22,23). The summed E-state index contributed by atoms with van der Waals surface area (Å²) in [6, 6.07) is 8.44. The van der Waals surface area contributed by atoms with Gasteiger partial charge in [0.05, 0.1) is 20.2 Å². The highest BCUT2D eigenvalue weighted by molar-refractivity contribution is 7.20. The van der Waals surface area contributed by atoms with Gasteiger partial charge >= 0.3 is 5.97 Å². The number of carboxylic acids is 1. The lowest BCUT2D eigenvalue weighted by atomic mass is 10.1. The molecule has 2 aromatic heterocycles. The fourth-order valence-corrected chi connectivity index (χ4v) is 3.55. The summed E-state index contributed by atoms with van der Waals surface area (Å²) in [4.78, 5) is 27.8. The van der Waals surface area contributed by atoms with E-state index in [4.69, 9.17) is 16.7 Å². The summed E-state index contributed by atoms with van der Waals surface area (Å²) in [7, 11) is 0. The fourth-order valence-electron chi connectivity index (χ4n) is 2.31. The average Bonchev–Trinajstić information content (AvgIpc) is 3.01. The zero-order valence-electron chi connectivity index (χ0n) is 12.5. The number of carboxylic acid groups (broad SMARTS) is 1. The lowest BCUT2D eigenvalue weighted by Gasteiger charge is -2.04. The SMILES string of the molecule is O=C(O)c1cccc(CCNC(=O)c2cc3c(Cl)cncc3s2)c1. The first kappa shape index (κ1) is 16.4. The Bertz CT molecular complexity index is 923. The van der Waals surface area contributed by atoms with Crippen molar-refractivity contribution in [2.45, 2.75) is 6.42 Å². The number of hydrogen-bond donors (Lipinski definition) is 2. The third kappa shape index (κ3) is 3.55. The molecule has 5 nitrogen and oxygen atoms in total. The van der Waals surface area contributed by atoms with Crippen molar-refractivity contribution in [1.82, 2.24) is 10.3 Å². The summed E-state index contributed by atoms with van der Waals surface area (Å²) < 4.78 is 0.863. The Balaban J connectivity index is 1.64. The smallest absolute Gasteiger partial charge is 0.335 e. The predicted molar refractivity (Wildman–Crippen MR) is 94.1 cm³/mol. The summed E-state index contributed by atoms with van der Waals surface area (Å²) in [6.45, 7) is 0.419. The number of pyridine rings is 1. The Morgan fingerprint density at radius 1 is 1.25 bits per heavy atom. The summed E-state index contributed by atoms with van der Waals surface area (Å²) in [5.74, 6) is -1.14. The van der Waals surface area contributed by atoms with Crippen LogP contribution in [0, 0.1) is 0 Å². The van der Waals surface area contributed by atoms with Crippen LogP contribution in [0.1, 0.15) is 25.6 Å². The van der Waals surface area contributed by atoms with Crippen molar-refractivity contribution in [1.29, 1.82) is 0 Å². The number of carbonyl (C=O) groups excluding carboxylic acids is 1. The summed E-state index contributed by atoms with van der Waals surface area (Å²) in [5, 5.41) is 13.2. The van der Waals surface area contributed by atoms with Crippen molar-refractivity contribution >= 4 is 44.9 Å². The lowest BCUT2D eigenvalue weighted by Crippen LogP contribution is -2.24. The first-order valence-corrected chi connectivity index (χ1v) is 8.37. The van der Waals surface area contributed by atoms with E-state index in [1.807, 2.05) is 6.07 Å². The normalized spacial score (nSPS) is 10.7. The molecule has 3 rings (SSSR count). The molecule has 0 radical (unpaired) electrons. The number of carbonyl (C=O) groups is 2. The summed E-state index contributed by atoms with van der Waals surface area (Å²) in [6.07, 6.45) is 3.79. The topological polar surface area (TPSA) is 79.3 Å². The van der Waals surface area contributed by atoms with E-state index < -0.39 is 5.97 Å². The van der Waals surface area contributed by atoms with Crippen LogP contribution in [0.5, 0.6) is 0 Å². The van der Waals surface area contributed by atoms with Gasteiger partial charge in [-0.25, -0.2) is 4.79 Å². The van der Waals surface area contributed by atoms with Gasteiger partial charge in [-0.15, -0.1) is 11.3 Å². The number of fused-ring (bicyclic) bond motifs is 1.